The van der Waals surface area contributed by atoms with Gasteiger partial charge in [-0.05, 0) is 54.9 Å². The summed E-state index contributed by atoms with van der Waals surface area (Å²) >= 11 is 0. The summed E-state index contributed by atoms with van der Waals surface area (Å²) in [6.45, 7) is 4.07. The topological polar surface area (TPSA) is 140 Å². The second-order valence-electron chi connectivity index (χ2n) is 9.98. The first-order chi connectivity index (χ1) is 16.9. The number of hydrogen-bond donors (Lipinski definition) is 3. The van der Waals surface area contributed by atoms with Gasteiger partial charge in [0.15, 0.2) is 17.3 Å². The number of pyridine rings is 1. The van der Waals surface area contributed by atoms with E-state index in [-0.39, 0.29) is 28.9 Å². The third kappa shape index (κ3) is 3.41. The largest absolute Gasteiger partial charge is 0.384 e. The number of amides is 1. The molecule has 0 radical (unpaired) electrons. The van der Waals surface area contributed by atoms with Crippen LogP contribution < -0.4 is 27.0 Å². The molecule has 1 fully saturated rings. The Morgan fingerprint density at radius 3 is 2.57 bits per heavy atom. The lowest BCUT2D eigenvalue weighted by atomic mass is 9.73. The molecule has 1 aromatic carbocycles. The Hall–Kier alpha value is -3.72. The van der Waals surface area contributed by atoms with Crippen LogP contribution in [0, 0.1) is 12.3 Å². The Balaban J connectivity index is 1.21. The second-order valence-corrected chi connectivity index (χ2v) is 9.98. The maximum Gasteiger partial charge on any atom is 0.280 e. The summed E-state index contributed by atoms with van der Waals surface area (Å²) in [7, 11) is 0. The van der Waals surface area contributed by atoms with Crippen LogP contribution in [0.3, 0.4) is 0 Å². The Morgan fingerprint density at radius 2 is 1.80 bits per heavy atom. The van der Waals surface area contributed by atoms with Crippen LogP contribution in [0.4, 0.5) is 23.1 Å². The quantitative estimate of drug-likeness (QED) is 0.519. The zero-order chi connectivity index (χ0) is 24.3. The summed E-state index contributed by atoms with van der Waals surface area (Å²) in [6, 6.07) is 12.1. The van der Waals surface area contributed by atoms with Crippen molar-refractivity contribution >= 4 is 29.0 Å². The normalized spacial score (nSPS) is 20.2. The SMILES string of the molecule is Cc1nc(C(=O)N2CCc3nc(N)ccc32)c(N)nc1N1CCC2(CC1)Cc1ccccc1C2N. The standard InChI is InChI=1S/C26H30N8O/c1-15-24(33-12-9-26(10-13-33)14-16-4-2-3-5-17(16)22(26)28)32-23(29)21(30-15)25(35)34-11-8-18-19(34)6-7-20(27)31-18/h2-7,22H,8-14,28H2,1H3,(H2,27,31)(H2,29,32). The molecular weight excluding hydrogens is 440 g/mol. The third-order valence-corrected chi connectivity index (χ3v) is 8.01. The van der Waals surface area contributed by atoms with Crippen LogP contribution in [0.25, 0.3) is 0 Å². The molecule has 2 aromatic heterocycles. The molecule has 180 valence electrons. The van der Waals surface area contributed by atoms with E-state index >= 15 is 0 Å². The minimum Gasteiger partial charge on any atom is -0.384 e. The Morgan fingerprint density at radius 1 is 1.03 bits per heavy atom. The minimum atomic E-state index is -0.262. The van der Waals surface area contributed by atoms with E-state index in [2.05, 4.69) is 44.1 Å². The summed E-state index contributed by atoms with van der Waals surface area (Å²) < 4.78 is 0. The van der Waals surface area contributed by atoms with Gasteiger partial charge in [0.25, 0.3) is 5.91 Å². The van der Waals surface area contributed by atoms with E-state index < -0.39 is 0 Å². The number of benzene rings is 1. The molecule has 0 saturated carbocycles. The first-order valence-corrected chi connectivity index (χ1v) is 12.2. The summed E-state index contributed by atoms with van der Waals surface area (Å²) in [5, 5.41) is 0. The van der Waals surface area contributed by atoms with Gasteiger partial charge in [0.1, 0.15) is 5.82 Å². The molecule has 35 heavy (non-hydrogen) atoms. The number of carbonyl (C=O) groups excluding carboxylic acids is 1. The number of aromatic nitrogens is 3. The van der Waals surface area contributed by atoms with Gasteiger partial charge in [0.05, 0.1) is 17.1 Å². The van der Waals surface area contributed by atoms with Gasteiger partial charge in [0, 0.05) is 32.1 Å². The number of anilines is 4. The lowest BCUT2D eigenvalue weighted by Gasteiger charge is -2.42. The molecule has 1 aliphatic carbocycles. The van der Waals surface area contributed by atoms with Crippen molar-refractivity contribution in [3.8, 4) is 0 Å². The van der Waals surface area contributed by atoms with Crippen LogP contribution in [-0.4, -0.2) is 40.5 Å². The van der Waals surface area contributed by atoms with E-state index in [1.54, 1.807) is 11.0 Å². The highest BCUT2D eigenvalue weighted by Crippen LogP contribution is 2.51. The number of aryl methyl sites for hydroxylation is 1. The maximum atomic E-state index is 13.3. The zero-order valence-corrected chi connectivity index (χ0v) is 19.9. The van der Waals surface area contributed by atoms with Gasteiger partial charge in [-0.3, -0.25) is 4.79 Å². The van der Waals surface area contributed by atoms with E-state index in [9.17, 15) is 4.79 Å². The molecule has 1 atom stereocenters. The summed E-state index contributed by atoms with van der Waals surface area (Å²) in [4.78, 5) is 30.8. The van der Waals surface area contributed by atoms with Gasteiger partial charge < -0.3 is 27.0 Å². The number of piperidine rings is 1. The van der Waals surface area contributed by atoms with E-state index in [1.807, 2.05) is 13.0 Å². The molecule has 3 aliphatic rings. The fourth-order valence-corrected chi connectivity index (χ4v) is 6.07. The number of fused-ring (bicyclic) bond motifs is 2. The summed E-state index contributed by atoms with van der Waals surface area (Å²) in [5.41, 5.74) is 24.0. The second kappa shape index (κ2) is 7.91. The highest BCUT2D eigenvalue weighted by molar-refractivity contribution is 6.08. The minimum absolute atomic E-state index is 0.0614. The Labute approximate surface area is 204 Å². The lowest BCUT2D eigenvalue weighted by molar-refractivity contribution is 0.0985. The molecule has 1 spiro atoms. The van der Waals surface area contributed by atoms with Crippen molar-refractivity contribution in [3.05, 3.63) is 64.6 Å². The van der Waals surface area contributed by atoms with Gasteiger partial charge >= 0.3 is 0 Å². The van der Waals surface area contributed by atoms with E-state index in [1.165, 1.54) is 11.1 Å². The first-order valence-electron chi connectivity index (χ1n) is 12.2. The van der Waals surface area contributed by atoms with Crippen molar-refractivity contribution in [2.45, 2.75) is 38.6 Å². The van der Waals surface area contributed by atoms with E-state index in [0.717, 1.165) is 49.6 Å². The predicted molar refractivity (Wildman–Crippen MR) is 136 cm³/mol. The summed E-state index contributed by atoms with van der Waals surface area (Å²) in [6.07, 6.45) is 3.63. The van der Waals surface area contributed by atoms with Gasteiger partial charge in [-0.25, -0.2) is 15.0 Å². The molecular formula is C26H30N8O. The van der Waals surface area contributed by atoms with E-state index in [4.69, 9.17) is 17.2 Å². The van der Waals surface area contributed by atoms with Crippen molar-refractivity contribution in [3.63, 3.8) is 0 Å². The average Bonchev–Trinajstić information content (AvgIpc) is 3.39. The van der Waals surface area contributed by atoms with Gasteiger partial charge in [-0.1, -0.05) is 24.3 Å². The van der Waals surface area contributed by atoms with E-state index in [0.29, 0.717) is 24.5 Å². The zero-order valence-electron chi connectivity index (χ0n) is 19.9. The molecule has 9 nitrogen and oxygen atoms in total. The number of nitrogen functional groups attached to an aromatic ring is 2. The molecule has 2 aliphatic heterocycles. The smallest absolute Gasteiger partial charge is 0.280 e. The average molecular weight is 471 g/mol. The molecule has 0 bridgehead atoms. The Kier molecular flexibility index (Phi) is 4.93. The van der Waals surface area contributed by atoms with Crippen LogP contribution in [-0.2, 0) is 12.8 Å². The number of rotatable bonds is 2. The van der Waals surface area contributed by atoms with Crippen molar-refractivity contribution < 1.29 is 4.79 Å². The number of hydrogen-bond acceptors (Lipinski definition) is 8. The molecule has 6 N–H and O–H groups in total. The number of nitrogens with two attached hydrogens (primary N) is 3. The van der Waals surface area contributed by atoms with Crippen molar-refractivity contribution in [2.24, 2.45) is 11.1 Å². The van der Waals surface area contributed by atoms with Crippen LogP contribution in [0.5, 0.6) is 0 Å². The van der Waals surface area contributed by atoms with Crippen molar-refractivity contribution in [1.82, 2.24) is 15.0 Å². The Bertz CT molecular complexity index is 1330. The molecule has 6 rings (SSSR count). The molecule has 1 unspecified atom stereocenters. The van der Waals surface area contributed by atoms with Crippen LogP contribution >= 0.6 is 0 Å². The van der Waals surface area contributed by atoms with Gasteiger partial charge in [-0.15, -0.1) is 0 Å². The molecule has 3 aromatic rings. The molecule has 9 heteroatoms. The number of carbonyl (C=O) groups is 1. The predicted octanol–water partition coefficient (Wildman–Crippen LogP) is 2.39. The van der Waals surface area contributed by atoms with Crippen LogP contribution in [0.15, 0.2) is 36.4 Å². The monoisotopic (exact) mass is 470 g/mol. The van der Waals surface area contributed by atoms with Crippen LogP contribution in [0.1, 0.15) is 51.9 Å². The maximum absolute atomic E-state index is 13.3. The van der Waals surface area contributed by atoms with Crippen molar-refractivity contribution in [2.75, 3.05) is 40.9 Å². The van der Waals surface area contributed by atoms with Crippen molar-refractivity contribution in [1.29, 1.82) is 0 Å². The fourth-order valence-electron chi connectivity index (χ4n) is 6.07. The third-order valence-electron chi connectivity index (χ3n) is 8.01. The van der Waals surface area contributed by atoms with Gasteiger partial charge in [0.2, 0.25) is 0 Å². The molecule has 4 heterocycles. The fraction of sp³-hybridized carbons (Fsp3) is 0.385. The number of nitrogens with zero attached hydrogens (tertiary/aromatic N) is 5. The van der Waals surface area contributed by atoms with Gasteiger partial charge in [-0.2, -0.15) is 0 Å². The molecule has 1 amide bonds. The summed E-state index contributed by atoms with van der Waals surface area (Å²) in [5.74, 6) is 1.08. The highest BCUT2D eigenvalue weighted by atomic mass is 16.2. The molecule has 1 saturated heterocycles. The highest BCUT2D eigenvalue weighted by Gasteiger charge is 2.46. The van der Waals surface area contributed by atoms with Crippen LogP contribution in [0.2, 0.25) is 0 Å². The lowest BCUT2D eigenvalue weighted by Crippen LogP contribution is -2.45. The first kappa shape index (κ1) is 21.8.